The number of rotatable bonds is 5. The fourth-order valence-electron chi connectivity index (χ4n) is 8.58. The van der Waals surface area contributed by atoms with Crippen LogP contribution >= 0.6 is 0 Å². The Kier molecular flexibility index (Phi) is 6.47. The predicted octanol–water partition coefficient (Wildman–Crippen LogP) is 12.8. The Morgan fingerprint density at radius 1 is 0.260 bits per heavy atom. The van der Waals surface area contributed by atoms with E-state index in [0.29, 0.717) is 0 Å². The molecule has 234 valence electrons. The van der Waals surface area contributed by atoms with Crippen LogP contribution in [0.25, 0.3) is 44.5 Å². The second-order valence-corrected chi connectivity index (χ2v) is 13.3. The maximum Gasteiger partial charge on any atom is 0.0726 e. The van der Waals surface area contributed by atoms with E-state index in [9.17, 15) is 0 Å². The fourth-order valence-corrected chi connectivity index (χ4v) is 8.58. The van der Waals surface area contributed by atoms with Crippen LogP contribution in [0, 0.1) is 0 Å². The summed E-state index contributed by atoms with van der Waals surface area (Å²) >= 11 is 0. The van der Waals surface area contributed by atoms with Crippen molar-refractivity contribution < 1.29 is 0 Å². The van der Waals surface area contributed by atoms with Crippen LogP contribution in [0.5, 0.6) is 0 Å². The highest BCUT2D eigenvalue weighted by molar-refractivity contribution is 5.96. The van der Waals surface area contributed by atoms with Crippen LogP contribution in [0.15, 0.2) is 200 Å². The Hall–Kier alpha value is -6.44. The molecule has 50 heavy (non-hydrogen) atoms. The van der Waals surface area contributed by atoms with Gasteiger partial charge in [0.25, 0.3) is 0 Å². The summed E-state index contributed by atoms with van der Waals surface area (Å²) in [5.41, 5.74) is 18.4. The van der Waals surface area contributed by atoms with E-state index in [1.165, 1.54) is 66.8 Å². The van der Waals surface area contributed by atoms with Crippen molar-refractivity contribution in [2.24, 2.45) is 0 Å². The number of nitrogens with zero attached hydrogens (tertiary/aromatic N) is 1. The van der Waals surface area contributed by atoms with Gasteiger partial charge < -0.3 is 4.90 Å². The molecule has 0 radical (unpaired) electrons. The van der Waals surface area contributed by atoms with Crippen molar-refractivity contribution in [2.45, 2.75) is 5.41 Å². The van der Waals surface area contributed by atoms with Crippen molar-refractivity contribution in [3.8, 4) is 44.5 Å². The van der Waals surface area contributed by atoms with Crippen molar-refractivity contribution in [2.75, 3.05) is 4.90 Å². The van der Waals surface area contributed by atoms with Crippen LogP contribution in [0.1, 0.15) is 22.3 Å². The average molecular weight is 636 g/mol. The Morgan fingerprint density at radius 3 is 1.12 bits per heavy atom. The fraction of sp³-hybridized carbons (Fsp3) is 0.0204. The molecule has 0 amide bonds. The smallest absolute Gasteiger partial charge is 0.0726 e. The molecule has 2 aliphatic rings. The Morgan fingerprint density at radius 2 is 0.640 bits per heavy atom. The van der Waals surface area contributed by atoms with Crippen LogP contribution in [0.3, 0.4) is 0 Å². The van der Waals surface area contributed by atoms with Crippen LogP contribution in [-0.4, -0.2) is 0 Å². The molecule has 8 aromatic carbocycles. The number of fused-ring (bicyclic) bond motifs is 10. The minimum Gasteiger partial charge on any atom is -0.310 e. The highest BCUT2D eigenvalue weighted by Gasteiger charge is 2.51. The molecule has 0 aromatic heterocycles. The summed E-state index contributed by atoms with van der Waals surface area (Å²) < 4.78 is 0. The SMILES string of the molecule is c1ccc(-c2cccc(N(c3cccc(-c4ccccc4)c3)c3ccc4c(c3)C3(c5ccccc5-c5ccccc53)c3ccccc3-4)c2)cc1. The highest BCUT2D eigenvalue weighted by Crippen LogP contribution is 2.63. The maximum absolute atomic E-state index is 2.47. The van der Waals surface area contributed by atoms with Crippen LogP contribution < -0.4 is 4.90 Å². The lowest BCUT2D eigenvalue weighted by atomic mass is 9.70. The minimum absolute atomic E-state index is 0.404. The quantitative estimate of drug-likeness (QED) is 0.182. The lowest BCUT2D eigenvalue weighted by Gasteiger charge is -2.32. The normalized spacial score (nSPS) is 13.0. The first-order valence-corrected chi connectivity index (χ1v) is 17.4. The van der Waals surface area contributed by atoms with Gasteiger partial charge >= 0.3 is 0 Å². The monoisotopic (exact) mass is 635 g/mol. The summed E-state index contributed by atoms with van der Waals surface area (Å²) in [7, 11) is 0. The van der Waals surface area contributed by atoms with E-state index in [0.717, 1.165) is 17.1 Å². The van der Waals surface area contributed by atoms with Gasteiger partial charge in [0, 0.05) is 17.1 Å². The molecule has 0 aliphatic heterocycles. The summed E-state index contributed by atoms with van der Waals surface area (Å²) in [6.07, 6.45) is 0. The first-order chi connectivity index (χ1) is 24.8. The molecule has 8 aromatic rings. The number of benzene rings is 8. The highest BCUT2D eigenvalue weighted by atomic mass is 15.1. The maximum atomic E-state index is 2.47. The van der Waals surface area contributed by atoms with E-state index in [1.54, 1.807) is 0 Å². The third-order valence-corrected chi connectivity index (χ3v) is 10.7. The standard InChI is InChI=1S/C49H33N/c1-3-15-34(16-4-1)36-19-13-21-38(31-36)50(39-22-14-20-37(32-39)35-17-5-2-6-18-35)40-29-30-44-43-25-9-12-28-47(43)49(48(44)33-40)45-26-10-7-23-41(45)42-24-8-11-27-46(42)49/h1-33H. The largest absolute Gasteiger partial charge is 0.310 e. The lowest BCUT2D eigenvalue weighted by molar-refractivity contribution is 0.793. The Labute approximate surface area is 293 Å². The number of hydrogen-bond acceptors (Lipinski definition) is 1. The van der Waals surface area contributed by atoms with E-state index in [2.05, 4.69) is 205 Å². The molecule has 0 fully saturated rings. The number of anilines is 3. The van der Waals surface area contributed by atoms with Crippen LogP contribution in [0.4, 0.5) is 17.1 Å². The second kappa shape index (κ2) is 11.3. The first kappa shape index (κ1) is 28.6. The first-order valence-electron chi connectivity index (χ1n) is 17.4. The third-order valence-electron chi connectivity index (χ3n) is 10.7. The van der Waals surface area contributed by atoms with Gasteiger partial charge in [-0.15, -0.1) is 0 Å². The molecular formula is C49H33N. The minimum atomic E-state index is -0.404. The summed E-state index contributed by atoms with van der Waals surface area (Å²) in [5, 5.41) is 0. The molecule has 0 unspecified atom stereocenters. The molecule has 10 rings (SSSR count). The van der Waals surface area contributed by atoms with Crippen molar-refractivity contribution >= 4 is 17.1 Å². The van der Waals surface area contributed by atoms with Crippen LogP contribution in [0.2, 0.25) is 0 Å². The molecule has 1 spiro atoms. The molecule has 0 heterocycles. The Bertz CT molecular complexity index is 2400. The van der Waals surface area contributed by atoms with Gasteiger partial charge in [0.1, 0.15) is 0 Å². The van der Waals surface area contributed by atoms with Gasteiger partial charge in [0.2, 0.25) is 0 Å². The van der Waals surface area contributed by atoms with Gasteiger partial charge in [-0.2, -0.15) is 0 Å². The molecular weight excluding hydrogens is 603 g/mol. The van der Waals surface area contributed by atoms with E-state index in [-0.39, 0.29) is 0 Å². The zero-order valence-corrected chi connectivity index (χ0v) is 27.5. The van der Waals surface area contributed by atoms with Gasteiger partial charge in [-0.05, 0) is 103 Å². The molecule has 1 nitrogen and oxygen atoms in total. The molecule has 0 atom stereocenters. The van der Waals surface area contributed by atoms with Gasteiger partial charge in [-0.25, -0.2) is 0 Å². The molecule has 2 aliphatic carbocycles. The summed E-state index contributed by atoms with van der Waals surface area (Å²) in [4.78, 5) is 2.43. The molecule has 0 N–H and O–H groups in total. The second-order valence-electron chi connectivity index (χ2n) is 13.3. The summed E-state index contributed by atoms with van der Waals surface area (Å²) in [6.45, 7) is 0. The number of hydrogen-bond donors (Lipinski definition) is 0. The Balaban J connectivity index is 1.23. The van der Waals surface area contributed by atoms with Gasteiger partial charge in [-0.1, -0.05) is 164 Å². The average Bonchev–Trinajstić information content (AvgIpc) is 3.66. The predicted molar refractivity (Wildman–Crippen MR) is 208 cm³/mol. The zero-order valence-electron chi connectivity index (χ0n) is 27.5. The van der Waals surface area contributed by atoms with Crippen molar-refractivity contribution in [1.82, 2.24) is 0 Å². The zero-order chi connectivity index (χ0) is 33.1. The van der Waals surface area contributed by atoms with Crippen molar-refractivity contribution in [3.63, 3.8) is 0 Å². The van der Waals surface area contributed by atoms with E-state index < -0.39 is 5.41 Å². The summed E-state index contributed by atoms with van der Waals surface area (Å²) in [5.74, 6) is 0. The van der Waals surface area contributed by atoms with E-state index in [1.807, 2.05) is 0 Å². The van der Waals surface area contributed by atoms with E-state index in [4.69, 9.17) is 0 Å². The van der Waals surface area contributed by atoms with E-state index >= 15 is 0 Å². The summed E-state index contributed by atoms with van der Waals surface area (Å²) in [6, 6.07) is 73.4. The third kappa shape index (κ3) is 4.20. The van der Waals surface area contributed by atoms with Crippen LogP contribution in [-0.2, 0) is 5.41 Å². The van der Waals surface area contributed by atoms with Gasteiger partial charge in [0.05, 0.1) is 5.41 Å². The lowest BCUT2D eigenvalue weighted by Crippen LogP contribution is -2.26. The molecule has 0 saturated heterocycles. The van der Waals surface area contributed by atoms with Gasteiger partial charge in [-0.3, -0.25) is 0 Å². The van der Waals surface area contributed by atoms with Crippen molar-refractivity contribution in [3.05, 3.63) is 222 Å². The van der Waals surface area contributed by atoms with Crippen molar-refractivity contribution in [1.29, 1.82) is 0 Å². The molecule has 1 heteroatoms. The topological polar surface area (TPSA) is 3.24 Å². The van der Waals surface area contributed by atoms with Gasteiger partial charge in [0.15, 0.2) is 0 Å². The molecule has 0 bridgehead atoms. The molecule has 0 saturated carbocycles.